The lowest BCUT2D eigenvalue weighted by Crippen LogP contribution is -2.24. The topological polar surface area (TPSA) is 114 Å². The van der Waals surface area contributed by atoms with Gasteiger partial charge in [-0.1, -0.05) is 53.7 Å². The zero-order valence-corrected chi connectivity index (χ0v) is 13.6. The summed E-state index contributed by atoms with van der Waals surface area (Å²) in [6.07, 6.45) is 0. The number of nitrogens with one attached hydrogen (secondary N) is 2. The van der Waals surface area contributed by atoms with Gasteiger partial charge in [-0.25, -0.2) is 9.67 Å². The Balaban J connectivity index is 1.68. The molecule has 0 aliphatic carbocycles. The molecule has 0 aliphatic heterocycles. The first-order valence-electron chi connectivity index (χ1n) is 7.90. The standard InChI is InChI=1S/C17H14N8O/c26-17(18-11-14-20-23-24-21-14)15-19-16(12-7-3-1-4-8-12)25(22-15)13-9-5-2-6-10-13/h1-10H,11H2,(H,18,26)(H,20,21,23,24). The van der Waals surface area contributed by atoms with Gasteiger partial charge in [-0.05, 0) is 12.1 Å². The van der Waals surface area contributed by atoms with E-state index in [9.17, 15) is 4.79 Å². The van der Waals surface area contributed by atoms with Crippen LogP contribution in [0.2, 0.25) is 0 Å². The molecule has 26 heavy (non-hydrogen) atoms. The van der Waals surface area contributed by atoms with Crippen molar-refractivity contribution < 1.29 is 4.79 Å². The third kappa shape index (κ3) is 3.18. The number of para-hydroxylation sites is 1. The fourth-order valence-electron chi connectivity index (χ4n) is 2.43. The van der Waals surface area contributed by atoms with Crippen LogP contribution in [0.1, 0.15) is 16.4 Å². The Morgan fingerprint density at radius 3 is 2.46 bits per heavy atom. The summed E-state index contributed by atoms with van der Waals surface area (Å²) in [6, 6.07) is 19.1. The molecule has 2 aromatic heterocycles. The number of carbonyl (C=O) groups excluding carboxylic acids is 1. The molecule has 0 bridgehead atoms. The maximum Gasteiger partial charge on any atom is 0.291 e. The van der Waals surface area contributed by atoms with Gasteiger partial charge >= 0.3 is 0 Å². The van der Waals surface area contributed by atoms with Gasteiger partial charge in [0.2, 0.25) is 5.82 Å². The van der Waals surface area contributed by atoms with Crippen LogP contribution in [-0.4, -0.2) is 41.3 Å². The highest BCUT2D eigenvalue weighted by Gasteiger charge is 2.18. The summed E-state index contributed by atoms with van der Waals surface area (Å²) in [5, 5.41) is 20.4. The minimum atomic E-state index is -0.415. The van der Waals surface area contributed by atoms with Crippen molar-refractivity contribution in [3.8, 4) is 17.1 Å². The highest BCUT2D eigenvalue weighted by atomic mass is 16.2. The molecular weight excluding hydrogens is 332 g/mol. The van der Waals surface area contributed by atoms with E-state index in [1.54, 1.807) is 4.68 Å². The van der Waals surface area contributed by atoms with Crippen LogP contribution in [-0.2, 0) is 6.54 Å². The zero-order valence-electron chi connectivity index (χ0n) is 13.6. The van der Waals surface area contributed by atoms with Crippen LogP contribution in [0, 0.1) is 0 Å². The van der Waals surface area contributed by atoms with Gasteiger partial charge in [0, 0.05) is 5.56 Å². The molecule has 0 atom stereocenters. The van der Waals surface area contributed by atoms with Crippen LogP contribution in [0.15, 0.2) is 60.7 Å². The predicted octanol–water partition coefficient (Wildman–Crippen LogP) is 1.38. The monoisotopic (exact) mass is 346 g/mol. The number of hydrogen-bond donors (Lipinski definition) is 2. The first-order valence-corrected chi connectivity index (χ1v) is 7.90. The summed E-state index contributed by atoms with van der Waals surface area (Å²) in [4.78, 5) is 16.9. The van der Waals surface area contributed by atoms with Gasteiger partial charge in [-0.15, -0.1) is 15.3 Å². The van der Waals surface area contributed by atoms with Gasteiger partial charge in [-0.2, -0.15) is 5.21 Å². The fourth-order valence-corrected chi connectivity index (χ4v) is 2.43. The normalized spacial score (nSPS) is 10.6. The van der Waals surface area contributed by atoms with Crippen molar-refractivity contribution in [2.24, 2.45) is 0 Å². The summed E-state index contributed by atoms with van der Waals surface area (Å²) in [5.74, 6) is 0.614. The Bertz CT molecular complexity index is 939. The number of tetrazole rings is 1. The molecule has 9 nitrogen and oxygen atoms in total. The molecule has 1 amide bonds. The van der Waals surface area contributed by atoms with Crippen molar-refractivity contribution in [2.75, 3.05) is 0 Å². The van der Waals surface area contributed by atoms with E-state index < -0.39 is 5.91 Å². The van der Waals surface area contributed by atoms with Crippen LogP contribution >= 0.6 is 0 Å². The van der Waals surface area contributed by atoms with Crippen LogP contribution in [0.5, 0.6) is 0 Å². The molecule has 128 valence electrons. The molecule has 4 rings (SSSR count). The second-order valence-corrected chi connectivity index (χ2v) is 5.38. The molecule has 0 fully saturated rings. The number of benzene rings is 2. The van der Waals surface area contributed by atoms with E-state index in [0.29, 0.717) is 11.6 Å². The maximum absolute atomic E-state index is 12.4. The first-order chi connectivity index (χ1) is 12.8. The first kappa shape index (κ1) is 15.6. The van der Waals surface area contributed by atoms with Crippen molar-refractivity contribution in [1.82, 2.24) is 40.7 Å². The Labute approximate surface area is 148 Å². The fraction of sp³-hybridized carbons (Fsp3) is 0.0588. The lowest BCUT2D eigenvalue weighted by molar-refractivity contribution is 0.0939. The number of hydrogen-bond acceptors (Lipinski definition) is 6. The van der Waals surface area contributed by atoms with E-state index in [1.165, 1.54) is 0 Å². The van der Waals surface area contributed by atoms with Crippen LogP contribution in [0.25, 0.3) is 17.1 Å². The van der Waals surface area contributed by atoms with Crippen molar-refractivity contribution in [2.45, 2.75) is 6.54 Å². The zero-order chi connectivity index (χ0) is 17.8. The van der Waals surface area contributed by atoms with Crippen molar-refractivity contribution in [3.63, 3.8) is 0 Å². The summed E-state index contributed by atoms with van der Waals surface area (Å²) in [5.41, 5.74) is 1.68. The summed E-state index contributed by atoms with van der Waals surface area (Å²) in [6.45, 7) is 0.135. The van der Waals surface area contributed by atoms with Crippen molar-refractivity contribution in [3.05, 3.63) is 72.3 Å². The molecule has 4 aromatic rings. The van der Waals surface area contributed by atoms with Crippen LogP contribution in [0.4, 0.5) is 0 Å². The van der Waals surface area contributed by atoms with Crippen LogP contribution < -0.4 is 5.32 Å². The average molecular weight is 346 g/mol. The van der Waals surface area contributed by atoms with E-state index in [0.717, 1.165) is 11.3 Å². The van der Waals surface area contributed by atoms with E-state index in [2.05, 4.69) is 36.0 Å². The Kier molecular flexibility index (Phi) is 4.17. The van der Waals surface area contributed by atoms with Gasteiger partial charge in [0.25, 0.3) is 5.91 Å². The Morgan fingerprint density at radius 2 is 1.77 bits per heavy atom. The van der Waals surface area contributed by atoms with Crippen LogP contribution in [0.3, 0.4) is 0 Å². The molecular formula is C17H14N8O. The van der Waals surface area contributed by atoms with E-state index in [4.69, 9.17) is 0 Å². The number of carbonyl (C=O) groups is 1. The highest BCUT2D eigenvalue weighted by Crippen LogP contribution is 2.20. The molecule has 0 spiro atoms. The van der Waals surface area contributed by atoms with Gasteiger partial charge in [0.15, 0.2) is 11.6 Å². The number of amides is 1. The lowest BCUT2D eigenvalue weighted by atomic mass is 10.2. The molecule has 2 aromatic carbocycles. The van der Waals surface area contributed by atoms with Crippen molar-refractivity contribution in [1.29, 1.82) is 0 Å². The molecule has 0 aliphatic rings. The number of rotatable bonds is 5. The maximum atomic E-state index is 12.4. The summed E-state index contributed by atoms with van der Waals surface area (Å²) >= 11 is 0. The number of H-pyrrole nitrogens is 1. The molecule has 2 heterocycles. The van der Waals surface area contributed by atoms with E-state index in [-0.39, 0.29) is 12.4 Å². The van der Waals surface area contributed by atoms with Gasteiger partial charge in [0.1, 0.15) is 0 Å². The summed E-state index contributed by atoms with van der Waals surface area (Å²) < 4.78 is 1.65. The second-order valence-electron chi connectivity index (χ2n) is 5.38. The van der Waals surface area contributed by atoms with Gasteiger partial charge in [-0.3, -0.25) is 4.79 Å². The minimum absolute atomic E-state index is 0.0659. The molecule has 0 saturated carbocycles. The SMILES string of the molecule is O=C(NCc1nn[nH]n1)c1nc(-c2ccccc2)n(-c2ccccc2)n1. The molecule has 0 radical (unpaired) electrons. The van der Waals surface area contributed by atoms with Crippen molar-refractivity contribution >= 4 is 5.91 Å². The predicted molar refractivity (Wildman–Crippen MR) is 92.1 cm³/mol. The Morgan fingerprint density at radius 1 is 1.04 bits per heavy atom. The number of aromatic nitrogens is 7. The smallest absolute Gasteiger partial charge is 0.291 e. The van der Waals surface area contributed by atoms with E-state index >= 15 is 0 Å². The van der Waals surface area contributed by atoms with Gasteiger partial charge < -0.3 is 5.32 Å². The number of nitrogens with zero attached hydrogens (tertiary/aromatic N) is 6. The summed E-state index contributed by atoms with van der Waals surface area (Å²) in [7, 11) is 0. The second kappa shape index (κ2) is 6.93. The van der Waals surface area contributed by atoms with Gasteiger partial charge in [0.05, 0.1) is 12.2 Å². The quantitative estimate of drug-likeness (QED) is 0.564. The molecule has 0 saturated heterocycles. The molecule has 0 unspecified atom stereocenters. The van der Waals surface area contributed by atoms with E-state index in [1.807, 2.05) is 60.7 Å². The highest BCUT2D eigenvalue weighted by molar-refractivity contribution is 5.90. The third-order valence-corrected chi connectivity index (χ3v) is 3.64. The minimum Gasteiger partial charge on any atom is -0.342 e. The Hall–Kier alpha value is -3.88. The molecule has 2 N–H and O–H groups in total. The number of aromatic amines is 1. The lowest BCUT2D eigenvalue weighted by Gasteiger charge is -2.05. The average Bonchev–Trinajstić information content (AvgIpc) is 3.37. The molecule has 9 heteroatoms. The third-order valence-electron chi connectivity index (χ3n) is 3.64. The largest absolute Gasteiger partial charge is 0.342 e.